The molecule has 1 unspecified atom stereocenters. The van der Waals surface area contributed by atoms with Crippen molar-refractivity contribution in [3.8, 4) is 0 Å². The van der Waals surface area contributed by atoms with Gasteiger partial charge in [0.15, 0.2) is 0 Å². The second-order valence-corrected chi connectivity index (χ2v) is 6.38. The zero-order valence-electron chi connectivity index (χ0n) is 11.4. The van der Waals surface area contributed by atoms with Crippen molar-refractivity contribution in [1.82, 2.24) is 5.32 Å². The Labute approximate surface area is 101 Å². The SMILES string of the molecule is CC(C)C(CO)NCC(C)(C)C1CCCC1. The lowest BCUT2D eigenvalue weighted by Crippen LogP contribution is -2.44. The van der Waals surface area contributed by atoms with Crippen molar-refractivity contribution in [3.63, 3.8) is 0 Å². The topological polar surface area (TPSA) is 32.3 Å². The number of hydrogen-bond acceptors (Lipinski definition) is 2. The number of aliphatic hydroxyl groups is 1. The molecule has 96 valence electrons. The zero-order valence-corrected chi connectivity index (χ0v) is 11.4. The molecule has 0 bridgehead atoms. The van der Waals surface area contributed by atoms with Crippen molar-refractivity contribution in [3.05, 3.63) is 0 Å². The van der Waals surface area contributed by atoms with Gasteiger partial charge in [-0.2, -0.15) is 0 Å². The van der Waals surface area contributed by atoms with E-state index < -0.39 is 0 Å². The Kier molecular flexibility index (Phi) is 5.26. The first-order chi connectivity index (χ1) is 7.47. The van der Waals surface area contributed by atoms with Gasteiger partial charge < -0.3 is 10.4 Å². The minimum atomic E-state index is 0.248. The smallest absolute Gasteiger partial charge is 0.0587 e. The van der Waals surface area contributed by atoms with Gasteiger partial charge in [0.25, 0.3) is 0 Å². The predicted octanol–water partition coefficient (Wildman–Crippen LogP) is 2.81. The third-order valence-corrected chi connectivity index (χ3v) is 4.28. The number of hydrogen-bond donors (Lipinski definition) is 2. The van der Waals surface area contributed by atoms with E-state index in [2.05, 4.69) is 33.0 Å². The molecule has 2 nitrogen and oxygen atoms in total. The molecule has 0 amide bonds. The van der Waals surface area contributed by atoms with E-state index in [1.807, 2.05) is 0 Å². The molecule has 0 aromatic rings. The molecule has 1 saturated carbocycles. The molecule has 1 atom stereocenters. The summed E-state index contributed by atoms with van der Waals surface area (Å²) in [5.74, 6) is 1.37. The van der Waals surface area contributed by atoms with Crippen molar-refractivity contribution >= 4 is 0 Å². The van der Waals surface area contributed by atoms with E-state index in [4.69, 9.17) is 0 Å². The Morgan fingerprint density at radius 1 is 1.25 bits per heavy atom. The van der Waals surface area contributed by atoms with E-state index in [0.29, 0.717) is 11.3 Å². The lowest BCUT2D eigenvalue weighted by Gasteiger charge is -2.34. The van der Waals surface area contributed by atoms with E-state index >= 15 is 0 Å². The highest BCUT2D eigenvalue weighted by Gasteiger charge is 2.32. The van der Waals surface area contributed by atoms with Gasteiger partial charge >= 0.3 is 0 Å². The molecule has 1 aliphatic rings. The van der Waals surface area contributed by atoms with Crippen LogP contribution < -0.4 is 5.32 Å². The second-order valence-electron chi connectivity index (χ2n) is 6.38. The molecule has 0 aromatic heterocycles. The molecule has 1 aliphatic carbocycles. The third-order valence-electron chi connectivity index (χ3n) is 4.28. The molecule has 0 aromatic carbocycles. The summed E-state index contributed by atoms with van der Waals surface area (Å²) in [4.78, 5) is 0. The van der Waals surface area contributed by atoms with Gasteiger partial charge in [-0.15, -0.1) is 0 Å². The van der Waals surface area contributed by atoms with Gasteiger partial charge in [-0.05, 0) is 30.1 Å². The summed E-state index contributed by atoms with van der Waals surface area (Å²) >= 11 is 0. The monoisotopic (exact) mass is 227 g/mol. The highest BCUT2D eigenvalue weighted by molar-refractivity contribution is 4.85. The summed E-state index contributed by atoms with van der Waals surface area (Å²) in [5.41, 5.74) is 0.374. The Morgan fingerprint density at radius 3 is 2.25 bits per heavy atom. The van der Waals surface area contributed by atoms with Gasteiger partial charge in [-0.25, -0.2) is 0 Å². The van der Waals surface area contributed by atoms with Gasteiger partial charge in [0.2, 0.25) is 0 Å². The van der Waals surface area contributed by atoms with E-state index in [0.717, 1.165) is 12.5 Å². The Bertz CT molecular complexity index is 195. The summed E-state index contributed by atoms with van der Waals surface area (Å²) in [7, 11) is 0. The number of nitrogens with one attached hydrogen (secondary N) is 1. The van der Waals surface area contributed by atoms with Crippen LogP contribution in [0.15, 0.2) is 0 Å². The molecular weight excluding hydrogens is 198 g/mol. The molecule has 0 radical (unpaired) electrons. The van der Waals surface area contributed by atoms with Crippen molar-refractivity contribution in [1.29, 1.82) is 0 Å². The van der Waals surface area contributed by atoms with Crippen LogP contribution in [0, 0.1) is 17.3 Å². The maximum Gasteiger partial charge on any atom is 0.0587 e. The van der Waals surface area contributed by atoms with Crippen molar-refractivity contribution in [2.45, 2.75) is 59.4 Å². The largest absolute Gasteiger partial charge is 0.395 e. The molecule has 1 fully saturated rings. The average molecular weight is 227 g/mol. The first kappa shape index (κ1) is 14.0. The molecular formula is C14H29NO. The van der Waals surface area contributed by atoms with Crippen LogP contribution >= 0.6 is 0 Å². The van der Waals surface area contributed by atoms with Gasteiger partial charge in [0, 0.05) is 12.6 Å². The Balaban J connectivity index is 2.39. The van der Waals surface area contributed by atoms with E-state index in [-0.39, 0.29) is 12.6 Å². The average Bonchev–Trinajstić information content (AvgIpc) is 2.71. The minimum Gasteiger partial charge on any atom is -0.395 e. The molecule has 0 heterocycles. The summed E-state index contributed by atoms with van der Waals surface area (Å²) in [6.07, 6.45) is 5.59. The fraction of sp³-hybridized carbons (Fsp3) is 1.00. The molecule has 16 heavy (non-hydrogen) atoms. The summed E-state index contributed by atoms with van der Waals surface area (Å²) in [5, 5.41) is 12.8. The van der Waals surface area contributed by atoms with Crippen LogP contribution in [-0.2, 0) is 0 Å². The zero-order chi connectivity index (χ0) is 12.2. The van der Waals surface area contributed by atoms with Gasteiger partial charge in [-0.3, -0.25) is 0 Å². The van der Waals surface area contributed by atoms with Crippen LogP contribution in [0.1, 0.15) is 53.4 Å². The van der Waals surface area contributed by atoms with E-state index in [9.17, 15) is 5.11 Å². The Hall–Kier alpha value is -0.0800. The van der Waals surface area contributed by atoms with Crippen LogP contribution in [0.2, 0.25) is 0 Å². The maximum atomic E-state index is 9.30. The quantitative estimate of drug-likeness (QED) is 0.731. The van der Waals surface area contributed by atoms with Crippen LogP contribution in [0.4, 0.5) is 0 Å². The highest BCUT2D eigenvalue weighted by Crippen LogP contribution is 2.39. The fourth-order valence-electron chi connectivity index (χ4n) is 2.76. The summed E-state index contributed by atoms with van der Waals surface area (Å²) < 4.78 is 0. The fourth-order valence-corrected chi connectivity index (χ4v) is 2.76. The normalized spacial score (nSPS) is 20.6. The Morgan fingerprint density at radius 2 is 1.81 bits per heavy atom. The summed E-state index contributed by atoms with van der Waals surface area (Å²) in [6.45, 7) is 10.3. The molecule has 1 rings (SSSR count). The highest BCUT2D eigenvalue weighted by atomic mass is 16.3. The molecule has 2 heteroatoms. The molecule has 2 N–H and O–H groups in total. The van der Waals surface area contributed by atoms with E-state index in [1.54, 1.807) is 0 Å². The van der Waals surface area contributed by atoms with Gasteiger partial charge in [0.05, 0.1) is 6.61 Å². The number of aliphatic hydroxyl groups excluding tert-OH is 1. The third kappa shape index (κ3) is 3.74. The first-order valence-corrected chi connectivity index (χ1v) is 6.81. The van der Waals surface area contributed by atoms with E-state index in [1.165, 1.54) is 25.7 Å². The van der Waals surface area contributed by atoms with Crippen molar-refractivity contribution in [2.75, 3.05) is 13.2 Å². The van der Waals surface area contributed by atoms with Gasteiger partial charge in [-0.1, -0.05) is 40.5 Å². The van der Waals surface area contributed by atoms with Crippen LogP contribution in [0.5, 0.6) is 0 Å². The maximum absolute atomic E-state index is 9.30. The van der Waals surface area contributed by atoms with Crippen LogP contribution in [0.25, 0.3) is 0 Å². The summed E-state index contributed by atoms with van der Waals surface area (Å²) in [6, 6.07) is 0.251. The lowest BCUT2D eigenvalue weighted by atomic mass is 9.77. The second kappa shape index (κ2) is 6.02. The first-order valence-electron chi connectivity index (χ1n) is 6.81. The van der Waals surface area contributed by atoms with Crippen LogP contribution in [-0.4, -0.2) is 24.3 Å². The predicted molar refractivity (Wildman–Crippen MR) is 69.5 cm³/mol. The standard InChI is InChI=1S/C14H29NO/c1-11(2)13(9-16)15-10-14(3,4)12-7-5-6-8-12/h11-13,15-16H,5-10H2,1-4H3. The molecule has 0 spiro atoms. The van der Waals surface area contributed by atoms with Crippen molar-refractivity contribution < 1.29 is 5.11 Å². The van der Waals surface area contributed by atoms with Gasteiger partial charge in [0.1, 0.15) is 0 Å². The minimum absolute atomic E-state index is 0.248. The lowest BCUT2D eigenvalue weighted by molar-refractivity contribution is 0.161. The van der Waals surface area contributed by atoms with Crippen LogP contribution in [0.3, 0.4) is 0 Å². The molecule has 0 aliphatic heterocycles. The van der Waals surface area contributed by atoms with Crippen molar-refractivity contribution in [2.24, 2.45) is 17.3 Å². The number of rotatable bonds is 6. The molecule has 0 saturated heterocycles.